The van der Waals surface area contributed by atoms with Gasteiger partial charge in [0, 0.05) is 18.3 Å². The van der Waals surface area contributed by atoms with E-state index in [0.717, 1.165) is 23.9 Å². The summed E-state index contributed by atoms with van der Waals surface area (Å²) in [5.74, 6) is 0.980. The van der Waals surface area contributed by atoms with Crippen LogP contribution in [-0.2, 0) is 6.54 Å². The summed E-state index contributed by atoms with van der Waals surface area (Å²) in [6.07, 6.45) is 5.64. The number of hydrogen-bond acceptors (Lipinski definition) is 2. The van der Waals surface area contributed by atoms with Crippen LogP contribution in [-0.4, -0.2) is 11.0 Å². The van der Waals surface area contributed by atoms with E-state index in [0.29, 0.717) is 6.04 Å². The average Bonchev–Trinajstić information content (AvgIpc) is 2.21. The van der Waals surface area contributed by atoms with Crippen LogP contribution in [0.3, 0.4) is 0 Å². The number of pyridine rings is 1. The molecule has 1 aromatic rings. The molecule has 0 saturated heterocycles. The summed E-state index contributed by atoms with van der Waals surface area (Å²) in [4.78, 5) is 4.50. The standard InChI is InChI=1S/C14H22N2/c1-11-5-3-8-14(16-11)10-15-12(2)9-13-6-4-7-13/h3,5,8,12-13,15H,4,6-7,9-10H2,1-2H3. The molecule has 0 aliphatic heterocycles. The first-order valence-electron chi connectivity index (χ1n) is 6.40. The predicted octanol–water partition coefficient (Wildman–Crippen LogP) is 3.06. The minimum absolute atomic E-state index is 0.618. The van der Waals surface area contributed by atoms with Crippen molar-refractivity contribution in [1.82, 2.24) is 10.3 Å². The van der Waals surface area contributed by atoms with Crippen LogP contribution in [0.1, 0.15) is 44.0 Å². The van der Waals surface area contributed by atoms with Crippen LogP contribution in [0.4, 0.5) is 0 Å². The van der Waals surface area contributed by atoms with E-state index in [-0.39, 0.29) is 0 Å². The van der Waals surface area contributed by atoms with E-state index in [1.54, 1.807) is 0 Å². The van der Waals surface area contributed by atoms with Gasteiger partial charge in [-0.05, 0) is 38.3 Å². The topological polar surface area (TPSA) is 24.9 Å². The van der Waals surface area contributed by atoms with Crippen molar-refractivity contribution >= 4 is 0 Å². The van der Waals surface area contributed by atoms with Crippen molar-refractivity contribution in [3.63, 3.8) is 0 Å². The fraction of sp³-hybridized carbons (Fsp3) is 0.643. The summed E-state index contributed by atoms with van der Waals surface area (Å²) < 4.78 is 0. The predicted molar refractivity (Wildman–Crippen MR) is 67.2 cm³/mol. The molecule has 1 atom stereocenters. The van der Waals surface area contributed by atoms with E-state index >= 15 is 0 Å². The molecule has 0 radical (unpaired) electrons. The van der Waals surface area contributed by atoms with Gasteiger partial charge in [-0.15, -0.1) is 0 Å². The van der Waals surface area contributed by atoms with Crippen LogP contribution in [0, 0.1) is 12.8 Å². The molecule has 1 N–H and O–H groups in total. The van der Waals surface area contributed by atoms with E-state index in [1.807, 2.05) is 13.0 Å². The van der Waals surface area contributed by atoms with E-state index in [1.165, 1.54) is 25.7 Å². The minimum atomic E-state index is 0.618. The highest BCUT2D eigenvalue weighted by atomic mass is 14.9. The molecule has 1 aliphatic rings. The molecular weight excluding hydrogens is 196 g/mol. The van der Waals surface area contributed by atoms with Gasteiger partial charge >= 0.3 is 0 Å². The molecule has 0 amide bonds. The summed E-state index contributed by atoms with van der Waals surface area (Å²) >= 11 is 0. The number of nitrogens with one attached hydrogen (secondary N) is 1. The van der Waals surface area contributed by atoms with E-state index in [9.17, 15) is 0 Å². The van der Waals surface area contributed by atoms with Gasteiger partial charge in [-0.1, -0.05) is 25.3 Å². The van der Waals surface area contributed by atoms with Crippen molar-refractivity contribution in [1.29, 1.82) is 0 Å². The fourth-order valence-corrected chi connectivity index (χ4v) is 2.29. The zero-order valence-electron chi connectivity index (χ0n) is 10.4. The first-order valence-corrected chi connectivity index (χ1v) is 6.40. The fourth-order valence-electron chi connectivity index (χ4n) is 2.29. The molecule has 1 heterocycles. The number of nitrogens with zero attached hydrogens (tertiary/aromatic N) is 1. The van der Waals surface area contributed by atoms with E-state index in [4.69, 9.17) is 0 Å². The van der Waals surface area contributed by atoms with Gasteiger partial charge in [0.25, 0.3) is 0 Å². The highest BCUT2D eigenvalue weighted by Gasteiger charge is 2.19. The summed E-state index contributed by atoms with van der Waals surface area (Å²) in [6.45, 7) is 5.23. The third-order valence-electron chi connectivity index (χ3n) is 3.49. The zero-order valence-corrected chi connectivity index (χ0v) is 10.4. The van der Waals surface area contributed by atoms with Gasteiger partial charge in [-0.3, -0.25) is 4.98 Å². The Hall–Kier alpha value is -0.890. The number of aryl methyl sites for hydroxylation is 1. The second kappa shape index (κ2) is 5.44. The molecule has 16 heavy (non-hydrogen) atoms. The minimum Gasteiger partial charge on any atom is -0.309 e. The summed E-state index contributed by atoms with van der Waals surface area (Å²) in [5, 5.41) is 3.56. The van der Waals surface area contributed by atoms with Gasteiger partial charge in [0.1, 0.15) is 0 Å². The van der Waals surface area contributed by atoms with Crippen LogP contribution in [0.15, 0.2) is 18.2 Å². The molecule has 1 aliphatic carbocycles. The zero-order chi connectivity index (χ0) is 11.4. The van der Waals surface area contributed by atoms with Crippen LogP contribution < -0.4 is 5.32 Å². The molecule has 2 nitrogen and oxygen atoms in total. The average molecular weight is 218 g/mol. The molecule has 1 unspecified atom stereocenters. The van der Waals surface area contributed by atoms with E-state index < -0.39 is 0 Å². The summed E-state index contributed by atoms with van der Waals surface area (Å²) in [7, 11) is 0. The smallest absolute Gasteiger partial charge is 0.0544 e. The Kier molecular flexibility index (Phi) is 3.94. The second-order valence-electron chi connectivity index (χ2n) is 5.08. The number of hydrogen-bond donors (Lipinski definition) is 1. The lowest BCUT2D eigenvalue weighted by atomic mass is 9.81. The van der Waals surface area contributed by atoms with Crippen molar-refractivity contribution in [2.75, 3.05) is 0 Å². The first-order chi connectivity index (χ1) is 7.74. The Morgan fingerprint density at radius 2 is 2.25 bits per heavy atom. The molecular formula is C14H22N2. The second-order valence-corrected chi connectivity index (χ2v) is 5.08. The number of rotatable bonds is 5. The largest absolute Gasteiger partial charge is 0.309 e. The Balaban J connectivity index is 1.73. The highest BCUT2D eigenvalue weighted by molar-refractivity contribution is 5.09. The summed E-state index contributed by atoms with van der Waals surface area (Å²) in [5.41, 5.74) is 2.26. The maximum absolute atomic E-state index is 4.50. The van der Waals surface area contributed by atoms with Gasteiger partial charge in [-0.2, -0.15) is 0 Å². The molecule has 1 fully saturated rings. The SMILES string of the molecule is Cc1cccc(CNC(C)CC2CCC2)n1. The highest BCUT2D eigenvalue weighted by Crippen LogP contribution is 2.30. The van der Waals surface area contributed by atoms with Crippen molar-refractivity contribution in [2.24, 2.45) is 5.92 Å². The van der Waals surface area contributed by atoms with Crippen molar-refractivity contribution in [2.45, 2.75) is 52.1 Å². The van der Waals surface area contributed by atoms with Gasteiger partial charge in [0.05, 0.1) is 5.69 Å². The third kappa shape index (κ3) is 3.31. The van der Waals surface area contributed by atoms with Gasteiger partial charge in [0.15, 0.2) is 0 Å². The Bertz CT molecular complexity index is 331. The van der Waals surface area contributed by atoms with E-state index in [2.05, 4.69) is 29.4 Å². The lowest BCUT2D eigenvalue weighted by molar-refractivity contribution is 0.265. The molecule has 0 bridgehead atoms. The maximum atomic E-state index is 4.50. The molecule has 2 heteroatoms. The Morgan fingerprint density at radius 1 is 1.44 bits per heavy atom. The van der Waals surface area contributed by atoms with Crippen LogP contribution in [0.2, 0.25) is 0 Å². The maximum Gasteiger partial charge on any atom is 0.0544 e. The molecule has 1 saturated carbocycles. The lowest BCUT2D eigenvalue weighted by Crippen LogP contribution is -2.30. The quantitative estimate of drug-likeness (QED) is 0.821. The van der Waals surface area contributed by atoms with Crippen LogP contribution in [0.5, 0.6) is 0 Å². The monoisotopic (exact) mass is 218 g/mol. The first kappa shape index (κ1) is 11.6. The molecule has 0 aromatic carbocycles. The van der Waals surface area contributed by atoms with Crippen molar-refractivity contribution in [3.05, 3.63) is 29.6 Å². The summed E-state index contributed by atoms with van der Waals surface area (Å²) in [6, 6.07) is 6.83. The molecule has 0 spiro atoms. The van der Waals surface area contributed by atoms with Gasteiger partial charge in [-0.25, -0.2) is 0 Å². The Morgan fingerprint density at radius 3 is 2.88 bits per heavy atom. The Labute approximate surface area is 98.5 Å². The van der Waals surface area contributed by atoms with Gasteiger partial charge < -0.3 is 5.32 Å². The van der Waals surface area contributed by atoms with Crippen molar-refractivity contribution < 1.29 is 0 Å². The lowest BCUT2D eigenvalue weighted by Gasteiger charge is -2.28. The van der Waals surface area contributed by atoms with Crippen molar-refractivity contribution in [3.8, 4) is 0 Å². The third-order valence-corrected chi connectivity index (χ3v) is 3.49. The normalized spacial score (nSPS) is 18.1. The van der Waals surface area contributed by atoms with Crippen LogP contribution >= 0.6 is 0 Å². The van der Waals surface area contributed by atoms with Crippen LogP contribution in [0.25, 0.3) is 0 Å². The molecule has 1 aromatic heterocycles. The number of aromatic nitrogens is 1. The molecule has 2 rings (SSSR count). The van der Waals surface area contributed by atoms with Gasteiger partial charge in [0.2, 0.25) is 0 Å². The molecule has 88 valence electrons.